The van der Waals surface area contributed by atoms with Crippen molar-refractivity contribution in [3.05, 3.63) is 41.7 Å². The van der Waals surface area contributed by atoms with Crippen molar-refractivity contribution in [2.24, 2.45) is 11.8 Å². The number of hydrogen-bond acceptors (Lipinski definition) is 5. The van der Waals surface area contributed by atoms with Crippen molar-refractivity contribution in [1.29, 1.82) is 0 Å². The van der Waals surface area contributed by atoms with Crippen LogP contribution in [0.5, 0.6) is 5.75 Å². The van der Waals surface area contributed by atoms with E-state index in [9.17, 15) is 14.0 Å². The minimum Gasteiger partial charge on any atom is -0.490 e. The van der Waals surface area contributed by atoms with Crippen molar-refractivity contribution in [2.45, 2.75) is 63.3 Å². The van der Waals surface area contributed by atoms with Gasteiger partial charge >= 0.3 is 0 Å². The number of aldehydes is 1. The molecule has 2 saturated carbocycles. The normalized spacial score (nSPS) is 18.2. The first kappa shape index (κ1) is 24.8. The van der Waals surface area contributed by atoms with Gasteiger partial charge in [0, 0.05) is 25.1 Å². The number of hydrogen-bond donors (Lipinski definition) is 2. The number of amides is 1. The Hall–Kier alpha value is -1.86. The Balaban J connectivity index is 1.40. The lowest BCUT2D eigenvalue weighted by Gasteiger charge is -2.25. The highest BCUT2D eigenvalue weighted by Gasteiger charge is 2.44. The summed E-state index contributed by atoms with van der Waals surface area (Å²) in [5, 5.41) is 2.67. The molecule has 0 heterocycles. The number of nitrogens with one attached hydrogen (secondary N) is 2. The van der Waals surface area contributed by atoms with Crippen LogP contribution in [0.15, 0.2) is 30.4 Å². The molecule has 1 aromatic carbocycles. The van der Waals surface area contributed by atoms with Crippen molar-refractivity contribution in [3.63, 3.8) is 0 Å². The highest BCUT2D eigenvalue weighted by atomic mass is 32.2. The molecule has 0 spiro atoms. The monoisotopic (exact) mass is 462 g/mol. The summed E-state index contributed by atoms with van der Waals surface area (Å²) < 4.78 is 23.5. The molecule has 3 rings (SSSR count). The van der Waals surface area contributed by atoms with Gasteiger partial charge in [-0.25, -0.2) is 4.39 Å². The SMILES string of the molecule is CNC(=O)C(C/C=C/CCSNC1(c2ccc(F)c(OCC3CCC3)c2)CC1)CCC=O. The summed E-state index contributed by atoms with van der Waals surface area (Å²) in [6.45, 7) is 0.609. The number of allylic oxidation sites excluding steroid dienone is 2. The van der Waals surface area contributed by atoms with E-state index in [-0.39, 0.29) is 23.2 Å². The van der Waals surface area contributed by atoms with Crippen molar-refractivity contribution in [1.82, 2.24) is 10.0 Å². The van der Waals surface area contributed by atoms with E-state index < -0.39 is 0 Å². The standard InChI is InChI=1S/C25H35FN2O3S/c1-27-24(30)20(10-6-15-29)9-3-2-4-16-32-28-25(13-14-25)21-11-12-22(26)23(17-21)31-18-19-7-5-8-19/h2-3,11-12,15,17,19-20,28H,4-10,13-14,16,18H2,1H3,(H,27,30)/b3-2+. The van der Waals surface area contributed by atoms with Crippen LogP contribution >= 0.6 is 11.9 Å². The van der Waals surface area contributed by atoms with Crippen LogP contribution < -0.4 is 14.8 Å². The first-order valence-electron chi connectivity index (χ1n) is 11.7. The number of carbonyl (C=O) groups is 2. The van der Waals surface area contributed by atoms with Gasteiger partial charge in [0.15, 0.2) is 11.6 Å². The van der Waals surface area contributed by atoms with E-state index in [1.807, 2.05) is 18.2 Å². The summed E-state index contributed by atoms with van der Waals surface area (Å²) in [7, 11) is 1.63. The van der Waals surface area contributed by atoms with Gasteiger partial charge in [0.2, 0.25) is 5.91 Å². The quantitative estimate of drug-likeness (QED) is 0.168. The van der Waals surface area contributed by atoms with E-state index in [2.05, 4.69) is 16.1 Å². The Morgan fingerprint density at radius 3 is 2.78 bits per heavy atom. The maximum Gasteiger partial charge on any atom is 0.223 e. The van der Waals surface area contributed by atoms with Crippen LogP contribution in [-0.4, -0.2) is 31.6 Å². The third-order valence-electron chi connectivity index (χ3n) is 6.42. The van der Waals surface area contributed by atoms with E-state index in [0.717, 1.165) is 36.9 Å². The summed E-state index contributed by atoms with van der Waals surface area (Å²) in [4.78, 5) is 22.4. The van der Waals surface area contributed by atoms with Crippen molar-refractivity contribution in [2.75, 3.05) is 19.4 Å². The largest absolute Gasteiger partial charge is 0.490 e. The Bertz CT molecular complexity index is 793. The maximum absolute atomic E-state index is 14.2. The lowest BCUT2D eigenvalue weighted by atomic mass is 9.86. The van der Waals surface area contributed by atoms with E-state index in [1.54, 1.807) is 19.0 Å². The summed E-state index contributed by atoms with van der Waals surface area (Å²) in [5.41, 5.74) is 1.00. The lowest BCUT2D eigenvalue weighted by Crippen LogP contribution is -2.27. The van der Waals surface area contributed by atoms with Gasteiger partial charge in [-0.3, -0.25) is 9.52 Å². The van der Waals surface area contributed by atoms with Gasteiger partial charge in [0.1, 0.15) is 6.29 Å². The molecule has 2 N–H and O–H groups in total. The molecule has 5 nitrogen and oxygen atoms in total. The van der Waals surface area contributed by atoms with Crippen LogP contribution in [0.1, 0.15) is 63.4 Å². The van der Waals surface area contributed by atoms with Crippen molar-refractivity contribution >= 4 is 24.1 Å². The molecule has 0 bridgehead atoms. The minimum absolute atomic E-state index is 0.0152. The summed E-state index contributed by atoms with van der Waals surface area (Å²) in [6, 6.07) is 5.25. The molecule has 1 aromatic rings. The molecule has 0 radical (unpaired) electrons. The van der Waals surface area contributed by atoms with Crippen LogP contribution in [0, 0.1) is 17.7 Å². The average Bonchev–Trinajstić information content (AvgIpc) is 3.55. The molecule has 2 fully saturated rings. The highest BCUT2D eigenvalue weighted by molar-refractivity contribution is 7.97. The number of benzene rings is 1. The van der Waals surface area contributed by atoms with Gasteiger partial charge in [-0.2, -0.15) is 0 Å². The Labute approximate surface area is 195 Å². The molecule has 1 unspecified atom stereocenters. The van der Waals surface area contributed by atoms with Gasteiger partial charge in [0.25, 0.3) is 0 Å². The Morgan fingerprint density at radius 1 is 1.31 bits per heavy atom. The summed E-state index contributed by atoms with van der Waals surface area (Å²) in [5.74, 6) is 1.40. The number of carbonyl (C=O) groups excluding carboxylic acids is 2. The van der Waals surface area contributed by atoms with Gasteiger partial charge in [-0.05, 0) is 68.6 Å². The fraction of sp³-hybridized carbons (Fsp3) is 0.600. The Morgan fingerprint density at radius 2 is 2.12 bits per heavy atom. The van der Waals surface area contributed by atoms with Crippen LogP contribution in [0.3, 0.4) is 0 Å². The smallest absolute Gasteiger partial charge is 0.223 e. The molecular weight excluding hydrogens is 427 g/mol. The summed E-state index contributed by atoms with van der Waals surface area (Å²) >= 11 is 1.68. The zero-order chi connectivity index (χ0) is 22.8. The molecule has 7 heteroatoms. The third-order valence-corrected chi connectivity index (χ3v) is 7.40. The fourth-order valence-electron chi connectivity index (χ4n) is 3.88. The van der Waals surface area contributed by atoms with Gasteiger partial charge in [-0.1, -0.05) is 36.6 Å². The van der Waals surface area contributed by atoms with Crippen LogP contribution in [0.25, 0.3) is 0 Å². The molecule has 1 atom stereocenters. The van der Waals surface area contributed by atoms with Gasteiger partial charge in [-0.15, -0.1) is 0 Å². The average molecular weight is 463 g/mol. The van der Waals surface area contributed by atoms with Gasteiger partial charge < -0.3 is 14.8 Å². The third kappa shape index (κ3) is 7.07. The van der Waals surface area contributed by atoms with Crippen molar-refractivity contribution < 1.29 is 18.7 Å². The Kier molecular flexibility index (Phi) is 9.60. The van der Waals surface area contributed by atoms with E-state index >= 15 is 0 Å². The first-order valence-corrected chi connectivity index (χ1v) is 12.7. The van der Waals surface area contributed by atoms with Crippen LogP contribution in [0.4, 0.5) is 4.39 Å². The number of rotatable bonds is 15. The zero-order valence-electron chi connectivity index (χ0n) is 18.9. The minimum atomic E-state index is -0.287. The van der Waals surface area contributed by atoms with E-state index in [1.165, 1.54) is 25.3 Å². The number of ether oxygens (including phenoxy) is 1. The van der Waals surface area contributed by atoms with Crippen LogP contribution in [0.2, 0.25) is 0 Å². The molecule has 0 aromatic heterocycles. The number of halogens is 1. The molecule has 0 saturated heterocycles. The molecule has 176 valence electrons. The predicted octanol–water partition coefficient (Wildman–Crippen LogP) is 4.91. The fourth-order valence-corrected chi connectivity index (χ4v) is 4.83. The zero-order valence-corrected chi connectivity index (χ0v) is 19.7. The molecule has 1 amide bonds. The molecule has 32 heavy (non-hydrogen) atoms. The van der Waals surface area contributed by atoms with Crippen molar-refractivity contribution in [3.8, 4) is 5.75 Å². The first-order chi connectivity index (χ1) is 15.6. The predicted molar refractivity (Wildman–Crippen MR) is 127 cm³/mol. The molecule has 0 aliphatic heterocycles. The second-order valence-corrected chi connectivity index (χ2v) is 9.74. The second-order valence-electron chi connectivity index (χ2n) is 8.84. The topological polar surface area (TPSA) is 67.4 Å². The van der Waals surface area contributed by atoms with E-state index in [0.29, 0.717) is 37.5 Å². The molecular formula is C25H35FN2O3S. The van der Waals surface area contributed by atoms with E-state index in [4.69, 9.17) is 4.74 Å². The molecule has 2 aliphatic rings. The second kappa shape index (κ2) is 12.4. The van der Waals surface area contributed by atoms with Gasteiger partial charge in [0.05, 0.1) is 12.1 Å². The molecule has 2 aliphatic carbocycles. The maximum atomic E-state index is 14.2. The highest BCUT2D eigenvalue weighted by Crippen LogP contribution is 2.48. The lowest BCUT2D eigenvalue weighted by molar-refractivity contribution is -0.124. The van der Waals surface area contributed by atoms with Crippen LogP contribution in [-0.2, 0) is 15.1 Å². The summed E-state index contributed by atoms with van der Waals surface area (Å²) in [6.07, 6.45) is 13.2.